The van der Waals surface area contributed by atoms with Crippen molar-refractivity contribution in [1.29, 1.82) is 0 Å². The van der Waals surface area contributed by atoms with Gasteiger partial charge in [-0.3, -0.25) is 0 Å². The average molecular weight is 308 g/mol. The van der Waals surface area contributed by atoms with Gasteiger partial charge in [0.25, 0.3) is 0 Å². The molecule has 2 aromatic carbocycles. The third-order valence-electron chi connectivity index (χ3n) is 3.25. The third-order valence-corrected chi connectivity index (χ3v) is 4.37. The molecular formula is C16H18ClNOS. The van der Waals surface area contributed by atoms with E-state index >= 15 is 0 Å². The maximum atomic E-state index is 6.10. The zero-order valence-corrected chi connectivity index (χ0v) is 13.4. The van der Waals surface area contributed by atoms with E-state index in [1.54, 1.807) is 18.9 Å². The zero-order valence-electron chi connectivity index (χ0n) is 11.8. The molecule has 1 atom stereocenters. The molecule has 0 aliphatic carbocycles. The minimum atomic E-state index is 0.116. The summed E-state index contributed by atoms with van der Waals surface area (Å²) in [6.45, 7) is 0. The van der Waals surface area contributed by atoms with Gasteiger partial charge in [-0.15, -0.1) is 11.8 Å². The molecule has 0 bridgehead atoms. The van der Waals surface area contributed by atoms with Crippen molar-refractivity contribution in [1.82, 2.24) is 5.32 Å². The Kier molecular flexibility index (Phi) is 5.35. The quantitative estimate of drug-likeness (QED) is 0.828. The van der Waals surface area contributed by atoms with Gasteiger partial charge in [-0.25, -0.2) is 0 Å². The van der Waals surface area contributed by atoms with E-state index in [4.69, 9.17) is 16.3 Å². The lowest BCUT2D eigenvalue weighted by Gasteiger charge is -2.20. The standard InChI is InChI=1S/C16H18ClNOS/c1-18-16(12-6-4-5-7-15(12)20-3)11-8-9-13(17)14(10-11)19-2/h4-10,16,18H,1-3H3. The first kappa shape index (κ1) is 15.2. The Bertz CT molecular complexity index is 588. The lowest BCUT2D eigenvalue weighted by atomic mass is 9.98. The van der Waals surface area contributed by atoms with Crippen LogP contribution in [0.2, 0.25) is 5.02 Å². The van der Waals surface area contributed by atoms with Crippen molar-refractivity contribution in [2.24, 2.45) is 0 Å². The first-order chi connectivity index (χ1) is 9.71. The van der Waals surface area contributed by atoms with Crippen molar-refractivity contribution < 1.29 is 4.74 Å². The molecule has 2 nitrogen and oxygen atoms in total. The van der Waals surface area contributed by atoms with Crippen molar-refractivity contribution in [3.8, 4) is 5.75 Å². The average Bonchev–Trinajstić information content (AvgIpc) is 2.50. The van der Waals surface area contributed by atoms with Crippen LogP contribution in [0.5, 0.6) is 5.75 Å². The summed E-state index contributed by atoms with van der Waals surface area (Å²) in [7, 11) is 3.60. The molecule has 0 aliphatic heterocycles. The molecule has 4 heteroatoms. The summed E-state index contributed by atoms with van der Waals surface area (Å²) >= 11 is 7.85. The summed E-state index contributed by atoms with van der Waals surface area (Å²) < 4.78 is 5.31. The second kappa shape index (κ2) is 7.02. The molecule has 0 aromatic heterocycles. The van der Waals surface area contributed by atoms with Crippen molar-refractivity contribution in [2.45, 2.75) is 10.9 Å². The van der Waals surface area contributed by atoms with Crippen LogP contribution in [0.4, 0.5) is 0 Å². The van der Waals surface area contributed by atoms with Gasteiger partial charge in [0.1, 0.15) is 5.75 Å². The Balaban J connectivity index is 2.47. The van der Waals surface area contributed by atoms with E-state index in [9.17, 15) is 0 Å². The van der Waals surface area contributed by atoms with Crippen LogP contribution in [-0.2, 0) is 0 Å². The number of benzene rings is 2. The molecule has 2 aromatic rings. The molecule has 0 amide bonds. The van der Waals surface area contributed by atoms with E-state index in [1.807, 2.05) is 25.2 Å². The maximum absolute atomic E-state index is 6.10. The zero-order chi connectivity index (χ0) is 14.5. The molecule has 1 N–H and O–H groups in total. The molecule has 20 heavy (non-hydrogen) atoms. The van der Waals surface area contributed by atoms with Crippen LogP contribution in [0.15, 0.2) is 47.4 Å². The SMILES string of the molecule is CNC(c1ccc(Cl)c(OC)c1)c1ccccc1SC. The molecule has 2 rings (SSSR count). The van der Waals surface area contributed by atoms with E-state index in [-0.39, 0.29) is 6.04 Å². The van der Waals surface area contributed by atoms with Crippen molar-refractivity contribution >= 4 is 23.4 Å². The highest BCUT2D eigenvalue weighted by atomic mass is 35.5. The number of hydrogen-bond acceptors (Lipinski definition) is 3. The fraction of sp³-hybridized carbons (Fsp3) is 0.250. The molecule has 0 radical (unpaired) electrons. The van der Waals surface area contributed by atoms with Crippen LogP contribution in [0.1, 0.15) is 17.2 Å². The van der Waals surface area contributed by atoms with Crippen LogP contribution >= 0.6 is 23.4 Å². The van der Waals surface area contributed by atoms with Crippen LogP contribution in [0, 0.1) is 0 Å². The topological polar surface area (TPSA) is 21.3 Å². The van der Waals surface area contributed by atoms with Gasteiger partial charge in [0.2, 0.25) is 0 Å². The van der Waals surface area contributed by atoms with E-state index in [0.29, 0.717) is 10.8 Å². The van der Waals surface area contributed by atoms with E-state index < -0.39 is 0 Å². The summed E-state index contributed by atoms with van der Waals surface area (Å²) in [5, 5.41) is 4.00. The first-order valence-electron chi connectivity index (χ1n) is 6.35. The summed E-state index contributed by atoms with van der Waals surface area (Å²) in [5.74, 6) is 0.700. The molecule has 0 saturated heterocycles. The van der Waals surface area contributed by atoms with Crippen molar-refractivity contribution in [2.75, 3.05) is 20.4 Å². The van der Waals surface area contributed by atoms with Gasteiger partial charge in [-0.05, 0) is 42.6 Å². The largest absolute Gasteiger partial charge is 0.495 e. The molecule has 0 saturated carbocycles. The van der Waals surface area contributed by atoms with E-state index in [1.165, 1.54) is 10.5 Å². The third kappa shape index (κ3) is 3.11. The summed E-state index contributed by atoms with van der Waals surface area (Å²) in [6.07, 6.45) is 2.09. The number of methoxy groups -OCH3 is 1. The Morgan fingerprint density at radius 2 is 1.95 bits per heavy atom. The second-order valence-corrected chi connectivity index (χ2v) is 5.61. The summed E-state index contributed by atoms with van der Waals surface area (Å²) in [5.41, 5.74) is 2.39. The minimum Gasteiger partial charge on any atom is -0.495 e. The monoisotopic (exact) mass is 307 g/mol. The Labute approximate surface area is 129 Å². The Hall–Kier alpha value is -1.16. The van der Waals surface area contributed by atoms with Crippen LogP contribution in [0.25, 0.3) is 0 Å². The predicted molar refractivity (Wildman–Crippen MR) is 87.1 cm³/mol. The van der Waals surface area contributed by atoms with Gasteiger partial charge in [0, 0.05) is 4.90 Å². The van der Waals surface area contributed by atoms with Gasteiger partial charge in [-0.2, -0.15) is 0 Å². The number of halogens is 1. The molecule has 0 aliphatic rings. The Morgan fingerprint density at radius 1 is 1.20 bits per heavy atom. The second-order valence-electron chi connectivity index (χ2n) is 4.36. The van der Waals surface area contributed by atoms with Gasteiger partial charge < -0.3 is 10.1 Å². The number of nitrogens with one attached hydrogen (secondary N) is 1. The molecule has 1 unspecified atom stereocenters. The smallest absolute Gasteiger partial charge is 0.137 e. The maximum Gasteiger partial charge on any atom is 0.137 e. The number of hydrogen-bond donors (Lipinski definition) is 1. The van der Waals surface area contributed by atoms with Crippen LogP contribution in [0.3, 0.4) is 0 Å². The molecule has 0 fully saturated rings. The minimum absolute atomic E-state index is 0.116. The fourth-order valence-electron chi connectivity index (χ4n) is 2.26. The highest BCUT2D eigenvalue weighted by Gasteiger charge is 2.16. The van der Waals surface area contributed by atoms with Crippen molar-refractivity contribution in [3.63, 3.8) is 0 Å². The molecule has 0 heterocycles. The highest BCUT2D eigenvalue weighted by Crippen LogP contribution is 2.33. The fourth-order valence-corrected chi connectivity index (χ4v) is 3.09. The predicted octanol–water partition coefficient (Wildman–Crippen LogP) is 4.38. The summed E-state index contributed by atoms with van der Waals surface area (Å²) in [4.78, 5) is 1.26. The van der Waals surface area contributed by atoms with Gasteiger partial charge >= 0.3 is 0 Å². The van der Waals surface area contributed by atoms with Crippen molar-refractivity contribution in [3.05, 3.63) is 58.6 Å². The molecular weight excluding hydrogens is 290 g/mol. The lowest BCUT2D eigenvalue weighted by molar-refractivity contribution is 0.414. The molecule has 0 spiro atoms. The van der Waals surface area contributed by atoms with Gasteiger partial charge in [0.05, 0.1) is 18.2 Å². The van der Waals surface area contributed by atoms with Gasteiger partial charge in [0.15, 0.2) is 0 Å². The Morgan fingerprint density at radius 3 is 2.60 bits per heavy atom. The number of ether oxygens (including phenoxy) is 1. The summed E-state index contributed by atoms with van der Waals surface area (Å²) in [6, 6.07) is 14.4. The van der Waals surface area contributed by atoms with E-state index in [0.717, 1.165) is 5.56 Å². The first-order valence-corrected chi connectivity index (χ1v) is 7.95. The van der Waals surface area contributed by atoms with Crippen LogP contribution in [-0.4, -0.2) is 20.4 Å². The lowest BCUT2D eigenvalue weighted by Crippen LogP contribution is -2.18. The normalized spacial score (nSPS) is 12.2. The number of thioether (sulfide) groups is 1. The highest BCUT2D eigenvalue weighted by molar-refractivity contribution is 7.98. The van der Waals surface area contributed by atoms with E-state index in [2.05, 4.69) is 35.8 Å². The molecule has 106 valence electrons. The number of rotatable bonds is 5. The van der Waals surface area contributed by atoms with Crippen LogP contribution < -0.4 is 10.1 Å². The van der Waals surface area contributed by atoms with Gasteiger partial charge in [-0.1, -0.05) is 35.9 Å².